The Kier molecular flexibility index (Phi) is 2.52. The van der Waals surface area contributed by atoms with Gasteiger partial charge in [-0.05, 0) is 24.6 Å². The average Bonchev–Trinajstić information content (AvgIpc) is 2.70. The van der Waals surface area contributed by atoms with Crippen LogP contribution in [-0.2, 0) is 4.74 Å². The summed E-state index contributed by atoms with van der Waals surface area (Å²) in [5, 5.41) is 3.25. The molecule has 1 N–H and O–H groups in total. The van der Waals surface area contributed by atoms with E-state index in [-0.39, 0.29) is 5.97 Å². The first-order valence-electron chi connectivity index (χ1n) is 5.88. The third-order valence-electron chi connectivity index (χ3n) is 3.12. The Morgan fingerprint density at radius 1 is 1.06 bits per heavy atom. The highest BCUT2D eigenvalue weighted by Crippen LogP contribution is 2.31. The van der Waals surface area contributed by atoms with Crippen LogP contribution in [0, 0.1) is 6.92 Å². The normalized spacial score (nSPS) is 17.2. The fraction of sp³-hybridized carbons (Fsp3) is 0.133. The quantitative estimate of drug-likeness (QED) is 0.817. The van der Waals surface area contributed by atoms with Gasteiger partial charge in [-0.25, -0.2) is 4.79 Å². The van der Waals surface area contributed by atoms with Crippen molar-refractivity contribution in [3.63, 3.8) is 0 Å². The van der Waals surface area contributed by atoms with Gasteiger partial charge in [0.05, 0.1) is 5.56 Å². The summed E-state index contributed by atoms with van der Waals surface area (Å²) in [5.74, 6) is -0.267. The third kappa shape index (κ3) is 1.74. The number of ether oxygens (including phenoxy) is 1. The second kappa shape index (κ2) is 4.18. The number of esters is 1. The highest BCUT2D eigenvalue weighted by molar-refractivity contribution is 5.94. The molecule has 3 nitrogen and oxygen atoms in total. The molecule has 0 saturated carbocycles. The van der Waals surface area contributed by atoms with Gasteiger partial charge >= 0.3 is 5.97 Å². The van der Waals surface area contributed by atoms with Gasteiger partial charge in [-0.1, -0.05) is 36.4 Å². The highest BCUT2D eigenvalue weighted by Gasteiger charge is 2.30. The van der Waals surface area contributed by atoms with E-state index in [4.69, 9.17) is 4.74 Å². The second-order valence-electron chi connectivity index (χ2n) is 4.33. The first-order chi connectivity index (χ1) is 8.75. The number of nitrogens with one attached hydrogen (secondary N) is 1. The van der Waals surface area contributed by atoms with Crippen molar-refractivity contribution in [2.45, 2.75) is 13.2 Å². The van der Waals surface area contributed by atoms with Crippen molar-refractivity contribution in [2.75, 3.05) is 5.32 Å². The molecule has 0 fully saturated rings. The summed E-state index contributed by atoms with van der Waals surface area (Å²) in [6, 6.07) is 15.4. The summed E-state index contributed by atoms with van der Waals surface area (Å²) in [6.07, 6.45) is -0.394. The van der Waals surface area contributed by atoms with Gasteiger partial charge in [0, 0.05) is 11.3 Å². The molecule has 0 aromatic heterocycles. The van der Waals surface area contributed by atoms with Crippen molar-refractivity contribution < 1.29 is 9.53 Å². The van der Waals surface area contributed by atoms with Crippen LogP contribution in [0.4, 0.5) is 5.69 Å². The largest absolute Gasteiger partial charge is 0.434 e. The number of aryl methyl sites for hydroxylation is 1. The van der Waals surface area contributed by atoms with Crippen molar-refractivity contribution in [3.05, 3.63) is 65.2 Å². The number of rotatable bonds is 2. The molecule has 2 aromatic carbocycles. The zero-order valence-corrected chi connectivity index (χ0v) is 10.0. The van der Waals surface area contributed by atoms with E-state index in [1.165, 1.54) is 0 Å². The Hall–Kier alpha value is -2.29. The van der Waals surface area contributed by atoms with Crippen LogP contribution in [0.3, 0.4) is 0 Å². The van der Waals surface area contributed by atoms with Crippen LogP contribution in [0.15, 0.2) is 48.5 Å². The van der Waals surface area contributed by atoms with E-state index >= 15 is 0 Å². The number of carbonyl (C=O) groups is 1. The van der Waals surface area contributed by atoms with Gasteiger partial charge in [-0.15, -0.1) is 0 Å². The standard InChI is InChI=1S/C15H13NO2/c1-10-6-2-5-9-13(10)16-14-11-7-3-4-8-12(11)15(17)18-14/h2-9,14,16H,1H3/t14-/m0/s1. The molecule has 3 heteroatoms. The Bertz CT molecular complexity index is 607. The number of carbonyl (C=O) groups excluding carboxylic acids is 1. The number of hydrogen-bond acceptors (Lipinski definition) is 3. The topological polar surface area (TPSA) is 38.3 Å². The number of fused-ring (bicyclic) bond motifs is 1. The predicted octanol–water partition coefficient (Wildman–Crippen LogP) is 3.28. The molecule has 0 radical (unpaired) electrons. The van der Waals surface area contributed by atoms with Gasteiger partial charge in [-0.2, -0.15) is 0 Å². The minimum absolute atomic E-state index is 0.267. The SMILES string of the molecule is Cc1ccccc1N[C@H]1OC(=O)c2ccccc21. The first-order valence-corrected chi connectivity index (χ1v) is 5.88. The minimum Gasteiger partial charge on any atom is -0.434 e. The smallest absolute Gasteiger partial charge is 0.340 e. The lowest BCUT2D eigenvalue weighted by molar-refractivity contribution is 0.0437. The van der Waals surface area contributed by atoms with Gasteiger partial charge in [0.15, 0.2) is 0 Å². The van der Waals surface area contributed by atoms with Gasteiger partial charge in [0.1, 0.15) is 0 Å². The van der Waals surface area contributed by atoms with Crippen LogP contribution < -0.4 is 5.32 Å². The van der Waals surface area contributed by atoms with Crippen LogP contribution in [-0.4, -0.2) is 5.97 Å². The zero-order valence-electron chi connectivity index (χ0n) is 10.0. The Morgan fingerprint density at radius 3 is 2.61 bits per heavy atom. The summed E-state index contributed by atoms with van der Waals surface area (Å²) in [5.41, 5.74) is 3.64. The van der Waals surface area contributed by atoms with Crippen molar-refractivity contribution in [3.8, 4) is 0 Å². The summed E-state index contributed by atoms with van der Waals surface area (Å²) in [6.45, 7) is 2.02. The molecule has 90 valence electrons. The zero-order chi connectivity index (χ0) is 12.5. The molecule has 0 bridgehead atoms. The Labute approximate surface area is 105 Å². The van der Waals surface area contributed by atoms with Crippen LogP contribution in [0.5, 0.6) is 0 Å². The van der Waals surface area contributed by atoms with Gasteiger partial charge in [0.25, 0.3) is 0 Å². The molecule has 0 amide bonds. The number of cyclic esters (lactones) is 1. The second-order valence-corrected chi connectivity index (χ2v) is 4.33. The van der Waals surface area contributed by atoms with Gasteiger partial charge in [0.2, 0.25) is 6.23 Å². The van der Waals surface area contributed by atoms with Crippen LogP contribution in [0.2, 0.25) is 0 Å². The van der Waals surface area contributed by atoms with Gasteiger partial charge in [-0.3, -0.25) is 0 Å². The maximum atomic E-state index is 11.7. The molecular weight excluding hydrogens is 226 g/mol. The molecule has 0 spiro atoms. The summed E-state index contributed by atoms with van der Waals surface area (Å²) in [7, 11) is 0. The first kappa shape index (κ1) is 10.8. The number of anilines is 1. The maximum absolute atomic E-state index is 11.7. The van der Waals surface area contributed by atoms with E-state index in [0.29, 0.717) is 5.56 Å². The molecule has 1 aliphatic rings. The molecule has 1 heterocycles. The number of para-hydroxylation sites is 1. The third-order valence-corrected chi connectivity index (χ3v) is 3.12. The summed E-state index contributed by atoms with van der Waals surface area (Å²) < 4.78 is 5.34. The number of benzene rings is 2. The highest BCUT2D eigenvalue weighted by atomic mass is 16.6. The molecular formula is C15H13NO2. The lowest BCUT2D eigenvalue weighted by Gasteiger charge is -2.15. The average molecular weight is 239 g/mol. The van der Waals surface area contributed by atoms with Crippen LogP contribution >= 0.6 is 0 Å². The Morgan fingerprint density at radius 2 is 1.78 bits per heavy atom. The van der Waals surface area contributed by atoms with Gasteiger partial charge < -0.3 is 10.1 Å². The number of hydrogen-bond donors (Lipinski definition) is 1. The molecule has 2 aromatic rings. The van der Waals surface area contributed by atoms with E-state index in [1.807, 2.05) is 49.4 Å². The fourth-order valence-corrected chi connectivity index (χ4v) is 2.13. The van der Waals surface area contributed by atoms with Crippen LogP contribution in [0.1, 0.15) is 27.7 Å². The van der Waals surface area contributed by atoms with E-state index in [1.54, 1.807) is 6.07 Å². The molecule has 1 atom stereocenters. The molecule has 3 rings (SSSR count). The lowest BCUT2D eigenvalue weighted by Crippen LogP contribution is -2.10. The summed E-state index contributed by atoms with van der Waals surface area (Å²) in [4.78, 5) is 11.7. The van der Waals surface area contributed by atoms with E-state index < -0.39 is 6.23 Å². The Balaban J connectivity index is 1.92. The molecule has 18 heavy (non-hydrogen) atoms. The lowest BCUT2D eigenvalue weighted by atomic mass is 10.1. The van der Waals surface area contributed by atoms with Crippen molar-refractivity contribution >= 4 is 11.7 Å². The monoisotopic (exact) mass is 239 g/mol. The molecule has 0 unspecified atom stereocenters. The molecule has 0 aliphatic carbocycles. The summed E-state index contributed by atoms with van der Waals surface area (Å²) >= 11 is 0. The fourth-order valence-electron chi connectivity index (χ4n) is 2.13. The van der Waals surface area contributed by atoms with Crippen molar-refractivity contribution in [2.24, 2.45) is 0 Å². The predicted molar refractivity (Wildman–Crippen MR) is 69.4 cm³/mol. The maximum Gasteiger partial charge on any atom is 0.340 e. The van der Waals surface area contributed by atoms with Crippen molar-refractivity contribution in [1.29, 1.82) is 0 Å². The van der Waals surface area contributed by atoms with E-state index in [0.717, 1.165) is 16.8 Å². The van der Waals surface area contributed by atoms with E-state index in [9.17, 15) is 4.79 Å². The van der Waals surface area contributed by atoms with Crippen LogP contribution in [0.25, 0.3) is 0 Å². The van der Waals surface area contributed by atoms with Crippen molar-refractivity contribution in [1.82, 2.24) is 0 Å². The minimum atomic E-state index is -0.394. The molecule has 1 aliphatic heterocycles. The van der Waals surface area contributed by atoms with E-state index in [2.05, 4.69) is 5.32 Å². The molecule has 0 saturated heterocycles.